The molecule has 1 aromatic carbocycles. The van der Waals surface area contributed by atoms with Crippen LogP contribution in [0.1, 0.15) is 50.7 Å². The Hall–Kier alpha value is -1.57. The number of primary amides is 1. The number of fused-ring (bicyclic) bond motifs is 3. The number of amides is 1. The number of ether oxygens (including phenoxy) is 1. The molecule has 0 aromatic heterocycles. The van der Waals surface area contributed by atoms with Gasteiger partial charge in [0, 0.05) is 17.4 Å². The largest absolute Gasteiger partial charge is 0.463 e. The lowest BCUT2D eigenvalue weighted by Gasteiger charge is -2.33. The standard InChI is InChI=1S/C20H23Cl2NO5S/c1-3-6-20-7-5-12(24)9-13(20)15-11(10-20)8-14(16(21)17(15)22)28-19(18(23)25)29(26,27)4-2/h8-9,19H,3-7,10H2,1-2H3,(H2,23,25). The Bertz CT molecular complexity index is 1020. The minimum Gasteiger partial charge on any atom is -0.463 e. The van der Waals surface area contributed by atoms with Crippen LogP contribution in [0, 0.1) is 5.41 Å². The quantitative estimate of drug-likeness (QED) is 0.668. The predicted octanol–water partition coefficient (Wildman–Crippen LogP) is 3.71. The van der Waals surface area contributed by atoms with E-state index in [1.165, 1.54) is 6.92 Å². The Morgan fingerprint density at radius 3 is 2.59 bits per heavy atom. The van der Waals surface area contributed by atoms with Crippen LogP contribution in [0.5, 0.6) is 5.75 Å². The maximum absolute atomic E-state index is 12.2. The summed E-state index contributed by atoms with van der Waals surface area (Å²) in [5.41, 5.74) is 5.61. The average molecular weight is 460 g/mol. The third kappa shape index (κ3) is 3.80. The monoisotopic (exact) mass is 459 g/mol. The molecule has 2 aliphatic rings. The van der Waals surface area contributed by atoms with E-state index in [1.807, 2.05) is 0 Å². The maximum atomic E-state index is 12.2. The summed E-state index contributed by atoms with van der Waals surface area (Å²) in [4.78, 5) is 23.8. The van der Waals surface area contributed by atoms with Crippen LogP contribution in [0.25, 0.3) is 5.57 Å². The molecule has 2 N–H and O–H groups in total. The molecule has 0 saturated carbocycles. The van der Waals surface area contributed by atoms with Crippen molar-refractivity contribution >= 4 is 50.3 Å². The molecule has 29 heavy (non-hydrogen) atoms. The smallest absolute Gasteiger partial charge is 0.275 e. The molecule has 0 radical (unpaired) electrons. The topological polar surface area (TPSA) is 104 Å². The average Bonchev–Trinajstić information content (AvgIpc) is 2.96. The molecule has 2 atom stereocenters. The second-order valence-electron chi connectivity index (χ2n) is 7.57. The first-order valence-corrected chi connectivity index (χ1v) is 12.0. The third-order valence-corrected chi connectivity index (χ3v) is 8.34. The normalized spacial score (nSPS) is 21.9. The Kier molecular flexibility index (Phi) is 6.05. The summed E-state index contributed by atoms with van der Waals surface area (Å²) in [6.45, 7) is 3.48. The van der Waals surface area contributed by atoms with Gasteiger partial charge >= 0.3 is 0 Å². The Labute approximate surface area is 180 Å². The predicted molar refractivity (Wildman–Crippen MR) is 113 cm³/mol. The number of sulfone groups is 1. The molecule has 2 unspecified atom stereocenters. The van der Waals surface area contributed by atoms with Crippen LogP contribution in [0.4, 0.5) is 0 Å². The molecule has 9 heteroatoms. The first-order valence-electron chi connectivity index (χ1n) is 9.50. The van der Waals surface area contributed by atoms with Gasteiger partial charge in [0.25, 0.3) is 11.3 Å². The molecule has 0 spiro atoms. The highest BCUT2D eigenvalue weighted by atomic mass is 35.5. The lowest BCUT2D eigenvalue weighted by atomic mass is 9.70. The molecule has 0 saturated heterocycles. The highest BCUT2D eigenvalue weighted by Crippen LogP contribution is 2.58. The van der Waals surface area contributed by atoms with E-state index >= 15 is 0 Å². The number of halogens is 2. The summed E-state index contributed by atoms with van der Waals surface area (Å²) < 4.78 is 29.9. The zero-order chi connectivity index (χ0) is 21.6. The van der Waals surface area contributed by atoms with Crippen LogP contribution in [0.15, 0.2) is 12.1 Å². The van der Waals surface area contributed by atoms with E-state index in [4.69, 9.17) is 33.7 Å². The molecule has 158 valence electrons. The molecule has 0 aliphatic heterocycles. The van der Waals surface area contributed by atoms with Gasteiger partial charge in [0.05, 0.1) is 10.8 Å². The van der Waals surface area contributed by atoms with Crippen molar-refractivity contribution in [3.63, 3.8) is 0 Å². The van der Waals surface area contributed by atoms with E-state index in [0.29, 0.717) is 18.4 Å². The number of hydrogen-bond donors (Lipinski definition) is 1. The van der Waals surface area contributed by atoms with Crippen LogP contribution in [-0.2, 0) is 25.8 Å². The van der Waals surface area contributed by atoms with Crippen molar-refractivity contribution in [2.75, 3.05) is 5.75 Å². The number of benzene rings is 1. The molecule has 0 heterocycles. The zero-order valence-electron chi connectivity index (χ0n) is 16.3. The van der Waals surface area contributed by atoms with Crippen LogP contribution in [0.3, 0.4) is 0 Å². The van der Waals surface area contributed by atoms with Crippen molar-refractivity contribution in [1.82, 2.24) is 0 Å². The Morgan fingerprint density at radius 1 is 1.31 bits per heavy atom. The Balaban J connectivity index is 2.11. The lowest BCUT2D eigenvalue weighted by Crippen LogP contribution is -2.41. The number of nitrogens with two attached hydrogens (primary N) is 1. The number of ketones is 1. The molecule has 0 fully saturated rings. The van der Waals surface area contributed by atoms with Gasteiger partial charge in [0.2, 0.25) is 0 Å². The van der Waals surface area contributed by atoms with Gasteiger partial charge in [-0.3, -0.25) is 9.59 Å². The SMILES string of the molecule is CCCC12CCC(=O)C=C1c1c(cc(OC(C(N)=O)S(=O)(=O)CC)c(Cl)c1Cl)C2. The van der Waals surface area contributed by atoms with E-state index in [9.17, 15) is 18.0 Å². The van der Waals surface area contributed by atoms with Crippen molar-refractivity contribution in [3.8, 4) is 5.75 Å². The molecular formula is C20H23Cl2NO5S. The fourth-order valence-electron chi connectivity index (χ4n) is 4.34. The van der Waals surface area contributed by atoms with Gasteiger partial charge in [0.15, 0.2) is 15.6 Å². The number of hydrogen-bond acceptors (Lipinski definition) is 5. The van der Waals surface area contributed by atoms with E-state index < -0.39 is 21.2 Å². The van der Waals surface area contributed by atoms with Gasteiger partial charge in [-0.2, -0.15) is 0 Å². The van der Waals surface area contributed by atoms with Crippen molar-refractivity contribution < 1.29 is 22.7 Å². The Morgan fingerprint density at radius 2 is 2.00 bits per heavy atom. The highest BCUT2D eigenvalue weighted by molar-refractivity contribution is 7.92. The van der Waals surface area contributed by atoms with E-state index in [0.717, 1.165) is 30.4 Å². The van der Waals surface area contributed by atoms with Crippen LogP contribution < -0.4 is 10.5 Å². The van der Waals surface area contributed by atoms with Gasteiger partial charge in [-0.15, -0.1) is 0 Å². The summed E-state index contributed by atoms with van der Waals surface area (Å²) in [6, 6.07) is 1.62. The highest BCUT2D eigenvalue weighted by Gasteiger charge is 2.45. The molecule has 2 aliphatic carbocycles. The number of carbonyl (C=O) groups excluding carboxylic acids is 2. The van der Waals surface area contributed by atoms with Gasteiger partial charge in [-0.1, -0.05) is 43.5 Å². The number of rotatable bonds is 7. The fraction of sp³-hybridized carbons (Fsp3) is 0.500. The molecule has 6 nitrogen and oxygen atoms in total. The molecular weight excluding hydrogens is 437 g/mol. The van der Waals surface area contributed by atoms with Gasteiger partial charge in [-0.05, 0) is 42.5 Å². The van der Waals surface area contributed by atoms with Crippen molar-refractivity contribution in [2.24, 2.45) is 11.1 Å². The van der Waals surface area contributed by atoms with Crippen LogP contribution >= 0.6 is 23.2 Å². The lowest BCUT2D eigenvalue weighted by molar-refractivity contribution is -0.121. The summed E-state index contributed by atoms with van der Waals surface area (Å²) in [5, 5.41) is 0.185. The van der Waals surface area contributed by atoms with Gasteiger partial charge in [-0.25, -0.2) is 8.42 Å². The minimum atomic E-state index is -3.90. The molecule has 1 amide bonds. The number of allylic oxidation sites excluding steroid dienone is 2. The van der Waals surface area contributed by atoms with Crippen LogP contribution in [0.2, 0.25) is 10.0 Å². The molecule has 3 rings (SSSR count). The molecule has 1 aromatic rings. The summed E-state index contributed by atoms with van der Waals surface area (Å²) >= 11 is 12.9. The first-order chi connectivity index (χ1) is 13.6. The van der Waals surface area contributed by atoms with E-state index in [2.05, 4.69) is 6.92 Å². The number of carbonyl (C=O) groups is 2. The van der Waals surface area contributed by atoms with Crippen molar-refractivity contribution in [3.05, 3.63) is 33.3 Å². The van der Waals surface area contributed by atoms with Gasteiger partial charge in [0.1, 0.15) is 10.8 Å². The van der Waals surface area contributed by atoms with Crippen molar-refractivity contribution in [2.45, 2.75) is 51.4 Å². The minimum absolute atomic E-state index is 0.00538. The summed E-state index contributed by atoms with van der Waals surface area (Å²) in [6.07, 6.45) is 5.32. The van der Waals surface area contributed by atoms with Gasteiger partial charge < -0.3 is 10.5 Å². The van der Waals surface area contributed by atoms with Crippen LogP contribution in [-0.4, -0.2) is 31.3 Å². The second kappa shape index (κ2) is 7.93. The summed E-state index contributed by atoms with van der Waals surface area (Å²) in [5.74, 6) is -1.39. The summed E-state index contributed by atoms with van der Waals surface area (Å²) in [7, 11) is -3.90. The second-order valence-corrected chi connectivity index (χ2v) is 10.7. The fourth-order valence-corrected chi connectivity index (χ4v) is 5.76. The third-order valence-electron chi connectivity index (χ3n) is 5.70. The van der Waals surface area contributed by atoms with Crippen molar-refractivity contribution in [1.29, 1.82) is 0 Å². The van der Waals surface area contributed by atoms with E-state index in [1.54, 1.807) is 12.1 Å². The zero-order valence-corrected chi connectivity index (χ0v) is 18.6. The first kappa shape index (κ1) is 22.1. The molecule has 0 bridgehead atoms. The van der Waals surface area contributed by atoms with E-state index in [-0.39, 0.29) is 32.7 Å². The maximum Gasteiger partial charge on any atom is 0.275 e.